The molecule has 0 bridgehead atoms. The Balaban J connectivity index is 2.32. The molecule has 0 amide bonds. The summed E-state index contributed by atoms with van der Waals surface area (Å²) >= 11 is 4.27. The summed E-state index contributed by atoms with van der Waals surface area (Å²) in [6, 6.07) is 3.60. The molecule has 0 radical (unpaired) electrons. The molecule has 22 heavy (non-hydrogen) atoms. The van der Waals surface area contributed by atoms with E-state index < -0.39 is 5.97 Å². The van der Waals surface area contributed by atoms with Gasteiger partial charge in [-0.3, -0.25) is 0 Å². The first kappa shape index (κ1) is 20.0. The predicted molar refractivity (Wildman–Crippen MR) is 107 cm³/mol. The van der Waals surface area contributed by atoms with Crippen molar-refractivity contribution >= 4 is 51.2 Å². The standard InChI is InChI=1S/C17H24I2O3/c1-2-3-4-5-6-7-8-9-10-22-16-14(17(20)21)11-13(18)12-15(16)19/h11-12H,2-10H2,1H3,(H,20,21). The lowest BCUT2D eigenvalue weighted by Gasteiger charge is -2.12. The van der Waals surface area contributed by atoms with E-state index in [9.17, 15) is 9.90 Å². The summed E-state index contributed by atoms with van der Waals surface area (Å²) in [6.45, 7) is 2.82. The van der Waals surface area contributed by atoms with Crippen LogP contribution >= 0.6 is 45.2 Å². The summed E-state index contributed by atoms with van der Waals surface area (Å²) in [5.74, 6) is -0.418. The lowest BCUT2D eigenvalue weighted by Crippen LogP contribution is -2.07. The number of unbranched alkanes of at least 4 members (excludes halogenated alkanes) is 7. The van der Waals surface area contributed by atoms with Crippen LogP contribution in [0.3, 0.4) is 0 Å². The molecule has 1 aromatic carbocycles. The summed E-state index contributed by atoms with van der Waals surface area (Å²) in [5.41, 5.74) is 0.260. The van der Waals surface area contributed by atoms with Gasteiger partial charge in [-0.05, 0) is 63.7 Å². The fourth-order valence-corrected chi connectivity index (χ4v) is 4.28. The van der Waals surface area contributed by atoms with Gasteiger partial charge in [0.25, 0.3) is 0 Å². The molecule has 124 valence electrons. The number of carboxylic acid groups (broad SMARTS) is 1. The molecule has 0 saturated carbocycles. The van der Waals surface area contributed by atoms with Crippen LogP contribution in [0.25, 0.3) is 0 Å². The maximum absolute atomic E-state index is 11.3. The van der Waals surface area contributed by atoms with Crippen LogP contribution in [0, 0.1) is 7.14 Å². The molecular formula is C17H24I2O3. The molecule has 0 aliphatic rings. The highest BCUT2D eigenvalue weighted by Gasteiger charge is 2.15. The van der Waals surface area contributed by atoms with Crippen LogP contribution in [0.5, 0.6) is 5.75 Å². The van der Waals surface area contributed by atoms with Gasteiger partial charge >= 0.3 is 5.97 Å². The second-order valence-corrected chi connectivity index (χ2v) is 7.80. The van der Waals surface area contributed by atoms with Gasteiger partial charge in [-0.15, -0.1) is 0 Å². The fourth-order valence-electron chi connectivity index (χ4n) is 2.28. The molecule has 0 atom stereocenters. The largest absolute Gasteiger partial charge is 0.492 e. The molecule has 3 nitrogen and oxygen atoms in total. The normalized spacial score (nSPS) is 10.7. The van der Waals surface area contributed by atoms with E-state index in [1.165, 1.54) is 38.5 Å². The molecule has 0 fully saturated rings. The van der Waals surface area contributed by atoms with Gasteiger partial charge in [-0.25, -0.2) is 4.79 Å². The number of aromatic carboxylic acids is 1. The van der Waals surface area contributed by atoms with Gasteiger partial charge in [0, 0.05) is 3.57 Å². The smallest absolute Gasteiger partial charge is 0.339 e. The number of halogens is 2. The second kappa shape index (κ2) is 11.5. The van der Waals surface area contributed by atoms with E-state index in [4.69, 9.17) is 4.74 Å². The van der Waals surface area contributed by atoms with Crippen molar-refractivity contribution in [3.8, 4) is 5.75 Å². The third-order valence-electron chi connectivity index (χ3n) is 3.48. The number of hydrogen-bond donors (Lipinski definition) is 1. The van der Waals surface area contributed by atoms with Crippen molar-refractivity contribution in [2.75, 3.05) is 6.61 Å². The predicted octanol–water partition coefficient (Wildman–Crippen LogP) is 6.11. The average Bonchev–Trinajstić information content (AvgIpc) is 2.46. The van der Waals surface area contributed by atoms with Crippen molar-refractivity contribution in [2.45, 2.75) is 58.3 Å². The van der Waals surface area contributed by atoms with Crippen LogP contribution in [0.15, 0.2) is 12.1 Å². The molecule has 0 saturated heterocycles. The Morgan fingerprint density at radius 1 is 1.05 bits per heavy atom. The molecule has 0 unspecified atom stereocenters. The zero-order valence-electron chi connectivity index (χ0n) is 13.0. The maximum atomic E-state index is 11.3. The van der Waals surface area contributed by atoms with Gasteiger partial charge < -0.3 is 9.84 Å². The average molecular weight is 530 g/mol. The SMILES string of the molecule is CCCCCCCCCCOc1c(I)cc(I)cc1C(=O)O. The first-order valence-corrected chi connectivity index (χ1v) is 10.1. The van der Waals surface area contributed by atoms with Gasteiger partial charge in [-0.2, -0.15) is 0 Å². The van der Waals surface area contributed by atoms with Gasteiger partial charge in [0.2, 0.25) is 0 Å². The molecule has 1 aromatic rings. The first-order chi connectivity index (χ1) is 10.6. The van der Waals surface area contributed by atoms with Crippen molar-refractivity contribution in [1.29, 1.82) is 0 Å². The highest BCUT2D eigenvalue weighted by atomic mass is 127. The van der Waals surface area contributed by atoms with E-state index in [0.29, 0.717) is 12.4 Å². The fraction of sp³-hybridized carbons (Fsp3) is 0.588. The van der Waals surface area contributed by atoms with E-state index in [1.54, 1.807) is 6.07 Å². The molecule has 0 aromatic heterocycles. The van der Waals surface area contributed by atoms with E-state index in [-0.39, 0.29) is 5.56 Å². The van der Waals surface area contributed by atoms with E-state index in [1.807, 2.05) is 6.07 Å². The molecule has 0 spiro atoms. The minimum Gasteiger partial charge on any atom is -0.492 e. The number of benzene rings is 1. The molecule has 0 aliphatic heterocycles. The zero-order valence-corrected chi connectivity index (χ0v) is 17.4. The molecular weight excluding hydrogens is 506 g/mol. The Kier molecular flexibility index (Phi) is 10.4. The van der Waals surface area contributed by atoms with Crippen LogP contribution in [0.2, 0.25) is 0 Å². The van der Waals surface area contributed by atoms with Gasteiger partial charge in [-0.1, -0.05) is 51.9 Å². The Bertz CT molecular complexity index is 475. The quantitative estimate of drug-likeness (QED) is 0.278. The Morgan fingerprint density at radius 3 is 2.23 bits per heavy atom. The molecule has 5 heteroatoms. The van der Waals surface area contributed by atoms with Crippen molar-refractivity contribution in [3.63, 3.8) is 0 Å². The lowest BCUT2D eigenvalue weighted by molar-refractivity contribution is 0.0692. The number of carbonyl (C=O) groups is 1. The molecule has 1 N–H and O–H groups in total. The lowest BCUT2D eigenvalue weighted by atomic mass is 10.1. The monoisotopic (exact) mass is 530 g/mol. The minimum absolute atomic E-state index is 0.260. The Labute approximate surface area is 160 Å². The second-order valence-electron chi connectivity index (χ2n) is 5.39. The van der Waals surface area contributed by atoms with Crippen molar-refractivity contribution in [2.24, 2.45) is 0 Å². The molecule has 1 rings (SSSR count). The number of ether oxygens (including phenoxy) is 1. The van der Waals surface area contributed by atoms with Crippen molar-refractivity contribution in [3.05, 3.63) is 24.8 Å². The van der Waals surface area contributed by atoms with Crippen molar-refractivity contribution in [1.82, 2.24) is 0 Å². The summed E-state index contributed by atoms with van der Waals surface area (Å²) in [7, 11) is 0. The van der Waals surface area contributed by atoms with Crippen molar-refractivity contribution < 1.29 is 14.6 Å². The van der Waals surface area contributed by atoms with Crippen LogP contribution in [-0.2, 0) is 0 Å². The number of carboxylic acids is 1. The summed E-state index contributed by atoms with van der Waals surface area (Å²) < 4.78 is 7.52. The van der Waals surface area contributed by atoms with Crippen LogP contribution in [0.1, 0.15) is 68.6 Å². The maximum Gasteiger partial charge on any atom is 0.339 e. The summed E-state index contributed by atoms with van der Waals surface area (Å²) in [5, 5.41) is 9.27. The third-order valence-corrected chi connectivity index (χ3v) is 4.91. The van der Waals surface area contributed by atoms with Gasteiger partial charge in [0.1, 0.15) is 11.3 Å². The van der Waals surface area contributed by atoms with Crippen LogP contribution < -0.4 is 4.74 Å². The Morgan fingerprint density at radius 2 is 1.64 bits per heavy atom. The zero-order chi connectivity index (χ0) is 16.4. The summed E-state index contributed by atoms with van der Waals surface area (Å²) in [4.78, 5) is 11.3. The van der Waals surface area contributed by atoms with E-state index in [0.717, 1.165) is 20.0 Å². The number of rotatable bonds is 11. The Hall–Kier alpha value is -0.0500. The number of hydrogen-bond acceptors (Lipinski definition) is 2. The highest BCUT2D eigenvalue weighted by Crippen LogP contribution is 2.28. The summed E-state index contributed by atoms with van der Waals surface area (Å²) in [6.07, 6.45) is 9.96. The van der Waals surface area contributed by atoms with E-state index >= 15 is 0 Å². The molecule has 0 heterocycles. The highest BCUT2D eigenvalue weighted by molar-refractivity contribution is 14.1. The topological polar surface area (TPSA) is 46.5 Å². The van der Waals surface area contributed by atoms with Crippen LogP contribution in [0.4, 0.5) is 0 Å². The van der Waals surface area contributed by atoms with Crippen LogP contribution in [-0.4, -0.2) is 17.7 Å². The first-order valence-electron chi connectivity index (χ1n) is 7.91. The van der Waals surface area contributed by atoms with E-state index in [2.05, 4.69) is 52.1 Å². The van der Waals surface area contributed by atoms with Gasteiger partial charge in [0.15, 0.2) is 0 Å². The third kappa shape index (κ3) is 7.48. The van der Waals surface area contributed by atoms with Gasteiger partial charge in [0.05, 0.1) is 10.2 Å². The molecule has 0 aliphatic carbocycles. The minimum atomic E-state index is -0.928.